The molecule has 2 aromatic heterocycles. The normalized spacial score (nSPS) is 11.2. The van der Waals surface area contributed by atoms with E-state index in [2.05, 4.69) is 42.2 Å². The monoisotopic (exact) mass is 320 g/mol. The summed E-state index contributed by atoms with van der Waals surface area (Å²) >= 11 is 9.73. The Kier molecular flexibility index (Phi) is 3.71. The highest BCUT2D eigenvalue weighted by molar-refractivity contribution is 7.98. The molecular weight excluding hydrogens is 308 g/mol. The Hall–Kier alpha value is -1.10. The topological polar surface area (TPSA) is 25.8 Å². The van der Waals surface area contributed by atoms with Crippen LogP contribution in [0.2, 0.25) is 5.15 Å². The van der Waals surface area contributed by atoms with E-state index in [0.717, 1.165) is 15.8 Å². The molecule has 0 saturated heterocycles. The van der Waals surface area contributed by atoms with Gasteiger partial charge in [0.2, 0.25) is 0 Å². The zero-order valence-corrected chi connectivity index (χ0v) is 13.8. The Bertz CT molecular complexity index is 779. The summed E-state index contributed by atoms with van der Waals surface area (Å²) in [5.74, 6) is 0.691. The van der Waals surface area contributed by atoms with Gasteiger partial charge in [-0.3, -0.25) is 0 Å². The summed E-state index contributed by atoms with van der Waals surface area (Å²) in [6, 6.07) is 8.23. The van der Waals surface area contributed by atoms with Gasteiger partial charge in [-0.05, 0) is 37.8 Å². The molecule has 0 amide bonds. The minimum atomic E-state index is 0.542. The fraction of sp³-hybridized carbons (Fsp3) is 0.200. The lowest BCUT2D eigenvalue weighted by molar-refractivity contribution is 1.23. The maximum absolute atomic E-state index is 6.34. The van der Waals surface area contributed by atoms with Crippen LogP contribution in [0.25, 0.3) is 21.6 Å². The van der Waals surface area contributed by atoms with E-state index in [-0.39, 0.29) is 0 Å². The van der Waals surface area contributed by atoms with Gasteiger partial charge in [-0.1, -0.05) is 23.7 Å². The van der Waals surface area contributed by atoms with Crippen molar-refractivity contribution in [3.05, 3.63) is 39.9 Å². The number of hydrogen-bond donors (Lipinski definition) is 0. The Morgan fingerprint density at radius 2 is 1.80 bits per heavy atom. The Balaban J connectivity index is 2.16. The number of halogens is 1. The molecule has 0 spiro atoms. The van der Waals surface area contributed by atoms with Crippen molar-refractivity contribution in [1.82, 2.24) is 9.97 Å². The van der Waals surface area contributed by atoms with Crippen molar-refractivity contribution in [3.8, 4) is 11.4 Å². The molecule has 0 aliphatic rings. The molecule has 3 rings (SSSR count). The highest BCUT2D eigenvalue weighted by atomic mass is 35.5. The molecule has 0 bridgehead atoms. The average Bonchev–Trinajstić information content (AvgIpc) is 2.74. The van der Waals surface area contributed by atoms with E-state index in [1.807, 2.05) is 12.1 Å². The van der Waals surface area contributed by atoms with Gasteiger partial charge in [0.1, 0.15) is 9.98 Å². The Morgan fingerprint density at radius 3 is 2.45 bits per heavy atom. The van der Waals surface area contributed by atoms with Crippen molar-refractivity contribution in [3.63, 3.8) is 0 Å². The van der Waals surface area contributed by atoms with Crippen LogP contribution in [-0.2, 0) is 0 Å². The first-order valence-electron chi connectivity index (χ1n) is 6.18. The summed E-state index contributed by atoms with van der Waals surface area (Å²) in [4.78, 5) is 12.5. The molecule has 0 aliphatic heterocycles. The first-order chi connectivity index (χ1) is 9.60. The van der Waals surface area contributed by atoms with E-state index >= 15 is 0 Å². The van der Waals surface area contributed by atoms with Crippen LogP contribution in [0.1, 0.15) is 10.4 Å². The van der Waals surface area contributed by atoms with Crippen molar-refractivity contribution >= 4 is 44.9 Å². The maximum atomic E-state index is 6.34. The average molecular weight is 321 g/mol. The fourth-order valence-electron chi connectivity index (χ4n) is 2.07. The second-order valence-electron chi connectivity index (χ2n) is 4.53. The van der Waals surface area contributed by atoms with E-state index in [0.29, 0.717) is 11.0 Å². The predicted octanol–water partition coefficient (Wildman–Crippen LogP) is 5.35. The third kappa shape index (κ3) is 2.32. The highest BCUT2D eigenvalue weighted by Crippen LogP contribution is 2.34. The van der Waals surface area contributed by atoms with Crippen molar-refractivity contribution in [2.75, 3.05) is 6.26 Å². The molecule has 0 fully saturated rings. The zero-order chi connectivity index (χ0) is 14.3. The standard InChI is InChI=1S/C15H13ClN2S2/c1-8-9(2)20-15-12(8)13(16)17-14(18-15)10-4-6-11(19-3)7-5-10/h4-7H,1-3H3. The number of hydrogen-bond acceptors (Lipinski definition) is 4. The van der Waals surface area contributed by atoms with Gasteiger partial charge in [0.15, 0.2) is 5.82 Å². The van der Waals surface area contributed by atoms with Gasteiger partial charge < -0.3 is 0 Å². The van der Waals surface area contributed by atoms with E-state index in [9.17, 15) is 0 Å². The summed E-state index contributed by atoms with van der Waals surface area (Å²) in [6.07, 6.45) is 2.06. The number of nitrogens with zero attached hydrogens (tertiary/aromatic N) is 2. The second kappa shape index (κ2) is 5.35. The first kappa shape index (κ1) is 13.9. The van der Waals surface area contributed by atoms with Crippen molar-refractivity contribution < 1.29 is 0 Å². The van der Waals surface area contributed by atoms with E-state index in [1.165, 1.54) is 15.3 Å². The fourth-order valence-corrected chi connectivity index (χ4v) is 3.87. The number of aryl methyl sites for hydroxylation is 2. The minimum absolute atomic E-state index is 0.542. The lowest BCUT2D eigenvalue weighted by atomic mass is 10.2. The van der Waals surface area contributed by atoms with Crippen molar-refractivity contribution in [1.29, 1.82) is 0 Å². The summed E-state index contributed by atoms with van der Waals surface area (Å²) in [6.45, 7) is 4.15. The van der Waals surface area contributed by atoms with Gasteiger partial charge in [0.05, 0.1) is 5.39 Å². The first-order valence-corrected chi connectivity index (χ1v) is 8.59. The van der Waals surface area contributed by atoms with Crippen LogP contribution in [0.15, 0.2) is 29.2 Å². The third-order valence-electron chi connectivity index (χ3n) is 3.33. The molecule has 2 heterocycles. The number of rotatable bonds is 2. The number of thiophene rings is 1. The lowest BCUT2D eigenvalue weighted by Gasteiger charge is -2.03. The molecule has 0 unspecified atom stereocenters. The SMILES string of the molecule is CSc1ccc(-c2nc(Cl)c3c(C)c(C)sc3n2)cc1. The Morgan fingerprint density at radius 1 is 1.10 bits per heavy atom. The van der Waals surface area contributed by atoms with Crippen LogP contribution < -0.4 is 0 Å². The van der Waals surface area contributed by atoms with Gasteiger partial charge in [-0.15, -0.1) is 23.1 Å². The molecule has 3 aromatic rings. The van der Waals surface area contributed by atoms with E-state index in [4.69, 9.17) is 11.6 Å². The van der Waals surface area contributed by atoms with Crippen molar-refractivity contribution in [2.24, 2.45) is 0 Å². The van der Waals surface area contributed by atoms with Gasteiger partial charge >= 0.3 is 0 Å². The van der Waals surface area contributed by atoms with E-state index < -0.39 is 0 Å². The largest absolute Gasteiger partial charge is 0.217 e. The van der Waals surface area contributed by atoms with Crippen LogP contribution in [0, 0.1) is 13.8 Å². The molecule has 0 N–H and O–H groups in total. The zero-order valence-electron chi connectivity index (χ0n) is 11.4. The molecule has 0 aliphatic carbocycles. The van der Waals surface area contributed by atoms with Crippen LogP contribution in [-0.4, -0.2) is 16.2 Å². The molecule has 102 valence electrons. The second-order valence-corrected chi connectivity index (χ2v) is 6.97. The van der Waals surface area contributed by atoms with Gasteiger partial charge in [0.25, 0.3) is 0 Å². The summed E-state index contributed by atoms with van der Waals surface area (Å²) in [7, 11) is 0. The Labute approximate surface area is 131 Å². The summed E-state index contributed by atoms with van der Waals surface area (Å²) in [5, 5.41) is 1.53. The highest BCUT2D eigenvalue weighted by Gasteiger charge is 2.14. The molecule has 0 atom stereocenters. The number of aromatic nitrogens is 2. The van der Waals surface area contributed by atoms with Gasteiger partial charge in [-0.25, -0.2) is 9.97 Å². The van der Waals surface area contributed by atoms with Crippen LogP contribution in [0.4, 0.5) is 0 Å². The summed E-state index contributed by atoms with van der Waals surface area (Å²) in [5.41, 5.74) is 2.18. The third-order valence-corrected chi connectivity index (χ3v) is 5.45. The quantitative estimate of drug-likeness (QED) is 0.470. The number of fused-ring (bicyclic) bond motifs is 1. The summed E-state index contributed by atoms with van der Waals surface area (Å²) < 4.78 is 0. The van der Waals surface area contributed by atoms with Crippen LogP contribution in [0.3, 0.4) is 0 Å². The molecule has 5 heteroatoms. The smallest absolute Gasteiger partial charge is 0.162 e. The molecule has 0 saturated carbocycles. The van der Waals surface area contributed by atoms with Crippen LogP contribution >= 0.6 is 34.7 Å². The number of benzene rings is 1. The number of thioether (sulfide) groups is 1. The van der Waals surface area contributed by atoms with Crippen LogP contribution in [0.5, 0.6) is 0 Å². The maximum Gasteiger partial charge on any atom is 0.162 e. The molecular formula is C15H13ClN2S2. The lowest BCUT2D eigenvalue weighted by Crippen LogP contribution is -1.90. The molecule has 0 radical (unpaired) electrons. The molecule has 1 aromatic carbocycles. The van der Waals surface area contributed by atoms with Gasteiger partial charge in [-0.2, -0.15) is 0 Å². The minimum Gasteiger partial charge on any atom is -0.217 e. The van der Waals surface area contributed by atoms with E-state index in [1.54, 1.807) is 23.1 Å². The predicted molar refractivity (Wildman–Crippen MR) is 89.1 cm³/mol. The van der Waals surface area contributed by atoms with Crippen molar-refractivity contribution in [2.45, 2.75) is 18.7 Å². The van der Waals surface area contributed by atoms with Gasteiger partial charge in [0, 0.05) is 15.3 Å². The molecule has 2 nitrogen and oxygen atoms in total. The molecule has 20 heavy (non-hydrogen) atoms.